The monoisotopic (exact) mass is 873 g/mol. The Morgan fingerprint density at radius 3 is 1.86 bits per heavy atom. The molecular formula is C41H56N5O10PS2. The Balaban J connectivity index is 1.55. The average Bonchev–Trinajstić information content (AvgIpc) is 3.66. The molecule has 59 heavy (non-hydrogen) atoms. The smallest absolute Gasteiger partial charge is 0.453 e. The van der Waals surface area contributed by atoms with Gasteiger partial charge in [0.2, 0.25) is 17.7 Å². The number of hydrogen-bond acceptors (Lipinski definition) is 12. The van der Waals surface area contributed by atoms with Gasteiger partial charge >= 0.3 is 19.3 Å². The van der Waals surface area contributed by atoms with Crippen LogP contribution in [0.3, 0.4) is 0 Å². The van der Waals surface area contributed by atoms with Crippen molar-refractivity contribution in [3.05, 3.63) is 81.1 Å². The third-order valence-electron chi connectivity index (χ3n) is 9.36. The summed E-state index contributed by atoms with van der Waals surface area (Å²) >= 11 is 3.08. The lowest BCUT2D eigenvalue weighted by Crippen LogP contribution is -2.57. The standard InChI is InChI=1S/C41H56N5O10PS2/c1-25(2)35(42-33(47)23-44-22-27(5)38(50)46(40(44)52)24-34(48)54-41(6,7)8)39(51)45-21-11-12-32(45)36(49)43-37(26(3)4)57(53,55-28-13-17-30(58-9)18-14-28)56-29-15-19-31(59-10)20-16-29/h13-20,22,25-26,32,35,37H,11-12,21,23-24H2,1-10H3,(H,42,47)(H,43,49)/t32-,35-,37+/m0/s1. The van der Waals surface area contributed by atoms with Gasteiger partial charge in [0.1, 0.15) is 42.3 Å². The van der Waals surface area contributed by atoms with Crippen molar-refractivity contribution in [3.8, 4) is 11.5 Å². The van der Waals surface area contributed by atoms with Crippen LogP contribution in [0.4, 0.5) is 0 Å². The second-order valence-corrected chi connectivity index (χ2v) is 19.7. The summed E-state index contributed by atoms with van der Waals surface area (Å²) in [5, 5.41) is 5.64. The van der Waals surface area contributed by atoms with Gasteiger partial charge in [-0.15, -0.1) is 23.5 Å². The predicted molar refractivity (Wildman–Crippen MR) is 229 cm³/mol. The van der Waals surface area contributed by atoms with Crippen molar-refractivity contribution in [2.75, 3.05) is 19.1 Å². The SMILES string of the molecule is CSc1ccc(OP(=O)(Oc2ccc(SC)cc2)[C@@H](NC(=O)[C@@H]2CCCN2C(=O)[C@@H](NC(=O)Cn2cc(C)c(=O)n(CC(=O)OC(C)(C)C)c2=O)C(C)C)C(C)C)cc1. The van der Waals surface area contributed by atoms with Crippen molar-refractivity contribution >= 4 is 54.8 Å². The average molecular weight is 874 g/mol. The quantitative estimate of drug-likeness (QED) is 0.0962. The zero-order valence-electron chi connectivity index (χ0n) is 35.3. The van der Waals surface area contributed by atoms with E-state index in [4.69, 9.17) is 13.8 Å². The summed E-state index contributed by atoms with van der Waals surface area (Å²) in [5.41, 5.74) is -2.33. The topological polar surface area (TPSA) is 184 Å². The predicted octanol–water partition coefficient (Wildman–Crippen LogP) is 5.69. The number of nitrogens with one attached hydrogen (secondary N) is 2. The largest absolute Gasteiger partial charge is 0.459 e. The molecule has 0 radical (unpaired) electrons. The first-order chi connectivity index (χ1) is 27.7. The highest BCUT2D eigenvalue weighted by atomic mass is 32.2. The first kappa shape index (κ1) is 47.2. The second-order valence-electron chi connectivity index (χ2n) is 16.0. The number of esters is 1. The molecule has 3 aromatic rings. The molecule has 0 saturated carbocycles. The zero-order chi connectivity index (χ0) is 43.8. The Hall–Kier alpha value is -4.47. The second kappa shape index (κ2) is 20.2. The molecular weight excluding hydrogens is 818 g/mol. The van der Waals surface area contributed by atoms with E-state index in [2.05, 4.69) is 10.6 Å². The number of amides is 3. The minimum absolute atomic E-state index is 0.116. The summed E-state index contributed by atoms with van der Waals surface area (Å²) < 4.78 is 34.3. The van der Waals surface area contributed by atoms with E-state index < -0.39 is 90.9 Å². The lowest BCUT2D eigenvalue weighted by Gasteiger charge is -2.34. The van der Waals surface area contributed by atoms with Crippen molar-refractivity contribution in [2.45, 2.75) is 115 Å². The minimum Gasteiger partial charge on any atom is -0.459 e. The Bertz CT molecular complexity index is 2100. The van der Waals surface area contributed by atoms with Crippen molar-refractivity contribution in [1.82, 2.24) is 24.7 Å². The first-order valence-corrected chi connectivity index (χ1v) is 23.4. The van der Waals surface area contributed by atoms with Crippen LogP contribution in [0.25, 0.3) is 0 Å². The minimum atomic E-state index is -4.21. The van der Waals surface area contributed by atoms with Gasteiger partial charge in [-0.2, -0.15) is 0 Å². The molecule has 1 fully saturated rings. The van der Waals surface area contributed by atoms with Crippen LogP contribution in [0.5, 0.6) is 11.5 Å². The number of nitrogens with zero attached hydrogens (tertiary/aromatic N) is 3. The van der Waals surface area contributed by atoms with E-state index >= 15 is 0 Å². The zero-order valence-corrected chi connectivity index (χ0v) is 37.8. The van der Waals surface area contributed by atoms with Crippen LogP contribution in [0.1, 0.15) is 66.9 Å². The van der Waals surface area contributed by atoms with Crippen LogP contribution < -0.4 is 30.9 Å². The van der Waals surface area contributed by atoms with Gasteiger partial charge in [-0.25, -0.2) is 13.9 Å². The third-order valence-corrected chi connectivity index (χ3v) is 13.2. The van der Waals surface area contributed by atoms with Crippen LogP contribution in [0, 0.1) is 18.8 Å². The molecule has 0 aliphatic carbocycles. The van der Waals surface area contributed by atoms with Gasteiger partial charge < -0.3 is 29.3 Å². The molecule has 322 valence electrons. The summed E-state index contributed by atoms with van der Waals surface area (Å²) in [6.45, 7) is 12.5. The maximum absolute atomic E-state index is 15.0. The maximum Gasteiger partial charge on any atom is 0.453 e. The fourth-order valence-corrected chi connectivity index (χ4v) is 9.40. The van der Waals surface area contributed by atoms with Gasteiger partial charge in [0.25, 0.3) is 5.56 Å². The fourth-order valence-electron chi connectivity index (χ4n) is 6.48. The van der Waals surface area contributed by atoms with Crippen LogP contribution >= 0.6 is 31.1 Å². The number of aryl methyl sites for hydroxylation is 1. The Labute approximate surface area is 353 Å². The number of carbonyl (C=O) groups excluding carboxylic acids is 4. The van der Waals surface area contributed by atoms with Gasteiger partial charge in [-0.1, -0.05) is 27.7 Å². The molecule has 3 amide bonds. The molecule has 0 bridgehead atoms. The lowest BCUT2D eigenvalue weighted by atomic mass is 10.0. The first-order valence-electron chi connectivity index (χ1n) is 19.4. The molecule has 0 unspecified atom stereocenters. The molecule has 18 heteroatoms. The van der Waals surface area contributed by atoms with Gasteiger partial charge in [0.05, 0.1) is 0 Å². The highest BCUT2D eigenvalue weighted by Gasteiger charge is 2.46. The van der Waals surface area contributed by atoms with Crippen LogP contribution in [0.2, 0.25) is 0 Å². The summed E-state index contributed by atoms with van der Waals surface area (Å²) in [6.07, 6.45) is 5.90. The van der Waals surface area contributed by atoms with Crippen LogP contribution in [0.15, 0.2) is 74.1 Å². The number of benzene rings is 2. The molecule has 1 aromatic heterocycles. The normalized spacial score (nSPS) is 15.5. The van der Waals surface area contributed by atoms with Gasteiger partial charge in [0.15, 0.2) is 5.78 Å². The highest BCUT2D eigenvalue weighted by Crippen LogP contribution is 2.54. The molecule has 15 nitrogen and oxygen atoms in total. The Morgan fingerprint density at radius 1 is 0.847 bits per heavy atom. The lowest BCUT2D eigenvalue weighted by molar-refractivity contribution is -0.155. The summed E-state index contributed by atoms with van der Waals surface area (Å²) in [6, 6.07) is 12.0. The molecule has 0 spiro atoms. The van der Waals surface area contributed by atoms with Crippen LogP contribution in [-0.4, -0.2) is 80.2 Å². The third kappa shape index (κ3) is 12.5. The summed E-state index contributed by atoms with van der Waals surface area (Å²) in [7, 11) is -4.21. The van der Waals surface area contributed by atoms with Crippen molar-refractivity contribution in [2.24, 2.45) is 11.8 Å². The summed E-state index contributed by atoms with van der Waals surface area (Å²) in [4.78, 5) is 83.8. The molecule has 2 N–H and O–H groups in total. The fraction of sp³-hybridized carbons (Fsp3) is 0.512. The van der Waals surface area contributed by atoms with Gasteiger partial charge in [-0.3, -0.25) is 28.5 Å². The number of thioether (sulfide) groups is 2. The number of likely N-dealkylation sites (tertiary alicyclic amines) is 1. The molecule has 4 rings (SSSR count). The maximum atomic E-state index is 15.0. The van der Waals surface area contributed by atoms with Crippen molar-refractivity contribution in [3.63, 3.8) is 0 Å². The van der Waals surface area contributed by atoms with Crippen molar-refractivity contribution in [1.29, 1.82) is 0 Å². The van der Waals surface area contributed by atoms with E-state index in [0.29, 0.717) is 28.9 Å². The molecule has 1 aliphatic rings. The van der Waals surface area contributed by atoms with Crippen molar-refractivity contribution < 1.29 is 37.5 Å². The summed E-state index contributed by atoms with van der Waals surface area (Å²) in [5.74, 6) is -3.99. The highest BCUT2D eigenvalue weighted by molar-refractivity contribution is 7.98. The Kier molecular flexibility index (Phi) is 16.2. The molecule has 1 saturated heterocycles. The molecule has 2 aromatic carbocycles. The van der Waals surface area contributed by atoms with Gasteiger partial charge in [-0.05, 0) is 113 Å². The van der Waals surface area contributed by atoms with E-state index in [0.717, 1.165) is 14.4 Å². The molecule has 3 atom stereocenters. The number of hydrogen-bond donors (Lipinski definition) is 2. The van der Waals surface area contributed by atoms with E-state index in [9.17, 15) is 33.3 Å². The number of aromatic nitrogens is 2. The molecule has 2 heterocycles. The Morgan fingerprint density at radius 2 is 1.39 bits per heavy atom. The molecule has 1 aliphatic heterocycles. The van der Waals surface area contributed by atoms with E-state index in [1.807, 2.05) is 36.8 Å². The van der Waals surface area contributed by atoms with E-state index in [1.165, 1.54) is 18.0 Å². The number of rotatable bonds is 17. The van der Waals surface area contributed by atoms with Gasteiger partial charge in [0, 0.05) is 28.1 Å². The number of carbonyl (C=O) groups is 4. The van der Waals surface area contributed by atoms with E-state index in [1.54, 1.807) is 96.3 Å². The number of ether oxygens (including phenoxy) is 1. The van der Waals surface area contributed by atoms with E-state index in [-0.39, 0.29) is 12.1 Å². The van der Waals surface area contributed by atoms with Crippen LogP contribution in [-0.2, 0) is 41.6 Å².